The summed E-state index contributed by atoms with van der Waals surface area (Å²) in [4.78, 5) is 15.8. The fourth-order valence-electron chi connectivity index (χ4n) is 4.49. The van der Waals surface area contributed by atoms with Crippen LogP contribution in [0.2, 0.25) is 0 Å². The molecule has 0 radical (unpaired) electrons. The molecule has 4 heteroatoms. The first-order valence-electron chi connectivity index (χ1n) is 8.17. The average molecular weight is 298 g/mol. The maximum atomic E-state index is 12.6. The molecule has 4 unspecified atom stereocenters. The molecule has 2 fully saturated rings. The lowest BCUT2D eigenvalue weighted by Crippen LogP contribution is -2.45. The van der Waals surface area contributed by atoms with Crippen molar-refractivity contribution in [3.8, 4) is 0 Å². The van der Waals surface area contributed by atoms with Gasteiger partial charge in [0, 0.05) is 29.5 Å². The number of aliphatic hydroxyl groups is 1. The molecule has 1 aromatic heterocycles. The lowest BCUT2D eigenvalue weighted by Gasteiger charge is -2.30. The predicted octanol–water partition coefficient (Wildman–Crippen LogP) is 2.61. The number of benzene rings is 1. The van der Waals surface area contributed by atoms with E-state index in [0.717, 1.165) is 17.3 Å². The van der Waals surface area contributed by atoms with Crippen LogP contribution in [0, 0.1) is 24.7 Å². The van der Waals surface area contributed by atoms with Gasteiger partial charge >= 0.3 is 0 Å². The maximum Gasteiger partial charge on any atom is 0.267 e. The van der Waals surface area contributed by atoms with E-state index in [2.05, 4.69) is 22.4 Å². The van der Waals surface area contributed by atoms with Crippen LogP contribution in [0.15, 0.2) is 24.3 Å². The SMILES string of the molecule is Cc1ccc2cc(C(=O)NC3C4CCC(C4)C3CO)[nH]c2c1. The van der Waals surface area contributed by atoms with E-state index in [1.165, 1.54) is 18.4 Å². The van der Waals surface area contributed by atoms with Crippen LogP contribution in [0.3, 0.4) is 0 Å². The van der Waals surface area contributed by atoms with E-state index in [4.69, 9.17) is 0 Å². The lowest BCUT2D eigenvalue weighted by molar-refractivity contribution is 0.0857. The Hall–Kier alpha value is -1.81. The number of aryl methyl sites for hydroxylation is 1. The Morgan fingerprint density at radius 3 is 2.95 bits per heavy atom. The molecule has 2 aromatic rings. The molecule has 116 valence electrons. The molecule has 4 rings (SSSR count). The summed E-state index contributed by atoms with van der Waals surface area (Å²) in [5, 5.41) is 13.9. The van der Waals surface area contributed by atoms with E-state index in [0.29, 0.717) is 17.5 Å². The van der Waals surface area contributed by atoms with E-state index in [1.54, 1.807) is 0 Å². The van der Waals surface area contributed by atoms with Crippen LogP contribution in [-0.4, -0.2) is 28.6 Å². The highest BCUT2D eigenvalue weighted by Gasteiger charge is 2.47. The largest absolute Gasteiger partial charge is 0.396 e. The third-order valence-corrected chi connectivity index (χ3v) is 5.62. The van der Waals surface area contributed by atoms with Gasteiger partial charge in [0.25, 0.3) is 5.91 Å². The van der Waals surface area contributed by atoms with Gasteiger partial charge in [-0.25, -0.2) is 0 Å². The number of aliphatic hydroxyl groups excluding tert-OH is 1. The third kappa shape index (κ3) is 2.13. The Balaban J connectivity index is 1.56. The number of amides is 1. The number of aromatic nitrogens is 1. The van der Waals surface area contributed by atoms with Gasteiger partial charge in [0.2, 0.25) is 0 Å². The van der Waals surface area contributed by atoms with E-state index in [1.807, 2.05) is 19.1 Å². The molecule has 1 amide bonds. The van der Waals surface area contributed by atoms with Gasteiger partial charge < -0.3 is 15.4 Å². The van der Waals surface area contributed by atoms with Crippen LogP contribution in [-0.2, 0) is 0 Å². The zero-order valence-electron chi connectivity index (χ0n) is 12.8. The Morgan fingerprint density at radius 2 is 2.14 bits per heavy atom. The van der Waals surface area contributed by atoms with Crippen LogP contribution in [0.5, 0.6) is 0 Å². The number of fused-ring (bicyclic) bond motifs is 3. The van der Waals surface area contributed by atoms with Crippen molar-refractivity contribution in [3.63, 3.8) is 0 Å². The first-order chi connectivity index (χ1) is 10.7. The van der Waals surface area contributed by atoms with Crippen molar-refractivity contribution in [1.82, 2.24) is 10.3 Å². The number of carbonyl (C=O) groups is 1. The molecular weight excluding hydrogens is 276 g/mol. The van der Waals surface area contributed by atoms with Crippen molar-refractivity contribution in [2.45, 2.75) is 32.2 Å². The summed E-state index contributed by atoms with van der Waals surface area (Å²) in [6.07, 6.45) is 3.54. The van der Waals surface area contributed by atoms with Gasteiger partial charge in [-0.15, -0.1) is 0 Å². The minimum atomic E-state index is -0.0511. The summed E-state index contributed by atoms with van der Waals surface area (Å²) in [6, 6.07) is 8.18. The van der Waals surface area contributed by atoms with Gasteiger partial charge in [0.05, 0.1) is 0 Å². The lowest BCUT2D eigenvalue weighted by atomic mass is 9.85. The summed E-state index contributed by atoms with van der Waals surface area (Å²) in [5.41, 5.74) is 2.78. The standard InChI is InChI=1S/C18H22N2O2/c1-10-2-3-12-8-16(19-15(12)6-10)18(22)20-17-13-5-4-11(7-13)14(17)9-21/h2-3,6,8,11,13-14,17,19,21H,4-5,7,9H2,1H3,(H,20,22). The number of carbonyl (C=O) groups excluding carboxylic acids is 1. The van der Waals surface area contributed by atoms with Crippen LogP contribution in [0.25, 0.3) is 10.9 Å². The fourth-order valence-corrected chi connectivity index (χ4v) is 4.49. The second-order valence-corrected chi connectivity index (χ2v) is 6.95. The average Bonchev–Trinajstić information content (AvgIpc) is 3.19. The van der Waals surface area contributed by atoms with Crippen LogP contribution in [0.4, 0.5) is 0 Å². The number of nitrogens with one attached hydrogen (secondary N) is 2. The minimum absolute atomic E-state index is 0.0511. The monoisotopic (exact) mass is 298 g/mol. The van der Waals surface area contributed by atoms with Gasteiger partial charge in [-0.3, -0.25) is 4.79 Å². The molecule has 0 saturated heterocycles. The molecule has 2 bridgehead atoms. The highest BCUT2D eigenvalue weighted by molar-refractivity contribution is 5.98. The molecule has 3 N–H and O–H groups in total. The van der Waals surface area contributed by atoms with E-state index >= 15 is 0 Å². The van der Waals surface area contributed by atoms with Gasteiger partial charge in [0.1, 0.15) is 5.69 Å². The van der Waals surface area contributed by atoms with Crippen LogP contribution >= 0.6 is 0 Å². The van der Waals surface area contributed by atoms with Crippen molar-refractivity contribution in [2.75, 3.05) is 6.61 Å². The topological polar surface area (TPSA) is 65.1 Å². The molecule has 0 aliphatic heterocycles. The van der Waals surface area contributed by atoms with Crippen molar-refractivity contribution < 1.29 is 9.90 Å². The Labute approximate surface area is 129 Å². The van der Waals surface area contributed by atoms with Crippen molar-refractivity contribution in [2.24, 2.45) is 17.8 Å². The molecule has 1 heterocycles. The number of H-pyrrole nitrogens is 1. The van der Waals surface area contributed by atoms with Crippen LogP contribution < -0.4 is 5.32 Å². The fraction of sp³-hybridized carbons (Fsp3) is 0.500. The summed E-state index contributed by atoms with van der Waals surface area (Å²) in [5.74, 6) is 1.31. The predicted molar refractivity (Wildman–Crippen MR) is 85.7 cm³/mol. The smallest absolute Gasteiger partial charge is 0.267 e. The highest BCUT2D eigenvalue weighted by atomic mass is 16.3. The first-order valence-corrected chi connectivity index (χ1v) is 8.17. The van der Waals surface area contributed by atoms with Gasteiger partial charge in [-0.2, -0.15) is 0 Å². The highest BCUT2D eigenvalue weighted by Crippen LogP contribution is 2.48. The number of rotatable bonds is 3. The quantitative estimate of drug-likeness (QED) is 0.815. The van der Waals surface area contributed by atoms with E-state index in [9.17, 15) is 9.90 Å². The van der Waals surface area contributed by atoms with Crippen molar-refractivity contribution in [1.29, 1.82) is 0 Å². The van der Waals surface area contributed by atoms with Gasteiger partial charge in [-0.05, 0) is 55.7 Å². The number of hydrogen-bond donors (Lipinski definition) is 3. The number of aromatic amines is 1. The zero-order chi connectivity index (χ0) is 15.3. The van der Waals surface area contributed by atoms with Crippen LogP contribution in [0.1, 0.15) is 35.3 Å². The molecule has 2 aliphatic rings. The van der Waals surface area contributed by atoms with Crippen molar-refractivity contribution in [3.05, 3.63) is 35.5 Å². The second-order valence-electron chi connectivity index (χ2n) is 6.95. The summed E-state index contributed by atoms with van der Waals surface area (Å²) >= 11 is 0. The van der Waals surface area contributed by atoms with Gasteiger partial charge in [0.15, 0.2) is 0 Å². The normalized spacial score (nSPS) is 30.1. The molecule has 4 atom stereocenters. The summed E-state index contributed by atoms with van der Waals surface area (Å²) < 4.78 is 0. The Kier molecular flexibility index (Phi) is 3.22. The molecular formula is C18H22N2O2. The molecule has 0 spiro atoms. The maximum absolute atomic E-state index is 12.6. The third-order valence-electron chi connectivity index (χ3n) is 5.62. The molecule has 4 nitrogen and oxygen atoms in total. The minimum Gasteiger partial charge on any atom is -0.396 e. The molecule has 2 aliphatic carbocycles. The number of hydrogen-bond acceptors (Lipinski definition) is 2. The van der Waals surface area contributed by atoms with Crippen molar-refractivity contribution >= 4 is 16.8 Å². The summed E-state index contributed by atoms with van der Waals surface area (Å²) in [7, 11) is 0. The molecule has 22 heavy (non-hydrogen) atoms. The van der Waals surface area contributed by atoms with E-state index in [-0.39, 0.29) is 24.5 Å². The molecule has 2 saturated carbocycles. The first kappa shape index (κ1) is 13.8. The second kappa shape index (κ2) is 5.13. The van der Waals surface area contributed by atoms with E-state index < -0.39 is 0 Å². The van der Waals surface area contributed by atoms with Gasteiger partial charge in [-0.1, -0.05) is 12.1 Å². The Bertz CT molecular complexity index is 721. The summed E-state index contributed by atoms with van der Waals surface area (Å²) in [6.45, 7) is 2.22. The molecule has 1 aromatic carbocycles. The Morgan fingerprint density at radius 1 is 1.32 bits per heavy atom. The zero-order valence-corrected chi connectivity index (χ0v) is 12.8.